The van der Waals surface area contributed by atoms with Crippen molar-refractivity contribution >= 4 is 34.7 Å². The first kappa shape index (κ1) is 19.4. The molecule has 3 aromatic rings. The molecular formula is C19H16N2O6. The Morgan fingerprint density at radius 2 is 1.44 bits per heavy atom. The molecule has 0 saturated heterocycles. The van der Waals surface area contributed by atoms with Gasteiger partial charge in [-0.25, -0.2) is 9.59 Å². The van der Waals surface area contributed by atoms with Gasteiger partial charge in [0, 0.05) is 18.5 Å². The first-order valence-corrected chi connectivity index (χ1v) is 7.70. The Balaban J connectivity index is 0.000000199. The average Bonchev–Trinajstić information content (AvgIpc) is 3.02. The number of carbonyl (C=O) groups is 4. The number of carboxylic acids is 2. The molecule has 0 spiro atoms. The fraction of sp³-hybridized carbons (Fsp3) is 0.0526. The van der Waals surface area contributed by atoms with Crippen LogP contribution in [0.25, 0.3) is 10.9 Å². The lowest BCUT2D eigenvalue weighted by Crippen LogP contribution is -2.10. The van der Waals surface area contributed by atoms with Gasteiger partial charge < -0.3 is 15.9 Å². The Bertz CT molecular complexity index is 974. The lowest BCUT2D eigenvalue weighted by atomic mass is 10.1. The van der Waals surface area contributed by atoms with Crippen molar-refractivity contribution in [2.75, 3.05) is 0 Å². The lowest BCUT2D eigenvalue weighted by molar-refractivity contribution is 0.0696. The Morgan fingerprint density at radius 1 is 0.889 bits per heavy atom. The summed E-state index contributed by atoms with van der Waals surface area (Å²) >= 11 is 0. The van der Waals surface area contributed by atoms with E-state index in [0.29, 0.717) is 16.5 Å². The van der Waals surface area contributed by atoms with E-state index >= 15 is 0 Å². The van der Waals surface area contributed by atoms with Gasteiger partial charge in [0.2, 0.25) is 5.91 Å². The van der Waals surface area contributed by atoms with Gasteiger partial charge in [-0.05, 0) is 24.3 Å². The number of carbonyl (C=O) groups excluding carboxylic acids is 2. The minimum absolute atomic E-state index is 0.0186. The zero-order valence-corrected chi connectivity index (χ0v) is 14.2. The molecule has 4 N–H and O–H groups in total. The van der Waals surface area contributed by atoms with Crippen molar-refractivity contribution in [1.82, 2.24) is 4.57 Å². The predicted octanol–water partition coefficient (Wildman–Crippen LogP) is 2.48. The molecule has 0 bridgehead atoms. The molecule has 27 heavy (non-hydrogen) atoms. The number of primary amides is 1. The molecule has 1 amide bonds. The molecule has 2 aromatic carbocycles. The SMILES string of the molecule is CC(=O)n1cc(C(N)=O)c2ccccc21.O=C(O)c1cccc(C(=O)O)c1. The van der Waals surface area contributed by atoms with Crippen molar-refractivity contribution in [2.45, 2.75) is 6.92 Å². The number of aromatic nitrogens is 1. The number of amides is 1. The van der Waals surface area contributed by atoms with Crippen LogP contribution in [0.1, 0.15) is 42.8 Å². The number of aromatic carboxylic acids is 2. The molecule has 0 aliphatic heterocycles. The van der Waals surface area contributed by atoms with E-state index in [1.165, 1.54) is 35.9 Å². The van der Waals surface area contributed by atoms with E-state index in [1.807, 2.05) is 6.07 Å². The van der Waals surface area contributed by atoms with Gasteiger partial charge in [0.05, 0.1) is 22.2 Å². The number of para-hydroxylation sites is 1. The Kier molecular flexibility index (Phi) is 5.71. The minimum atomic E-state index is -1.13. The Labute approximate surface area is 153 Å². The van der Waals surface area contributed by atoms with Crippen molar-refractivity contribution in [1.29, 1.82) is 0 Å². The van der Waals surface area contributed by atoms with Crippen molar-refractivity contribution in [3.63, 3.8) is 0 Å². The third-order valence-corrected chi connectivity index (χ3v) is 3.67. The van der Waals surface area contributed by atoms with Crippen molar-refractivity contribution < 1.29 is 29.4 Å². The maximum atomic E-state index is 11.3. The van der Waals surface area contributed by atoms with Crippen LogP contribution in [0.5, 0.6) is 0 Å². The smallest absolute Gasteiger partial charge is 0.335 e. The summed E-state index contributed by atoms with van der Waals surface area (Å²) in [6, 6.07) is 12.4. The summed E-state index contributed by atoms with van der Waals surface area (Å²) in [5, 5.41) is 17.7. The molecule has 0 aliphatic carbocycles. The van der Waals surface area contributed by atoms with E-state index in [9.17, 15) is 19.2 Å². The molecular weight excluding hydrogens is 352 g/mol. The van der Waals surface area contributed by atoms with Gasteiger partial charge in [0.25, 0.3) is 5.91 Å². The molecule has 0 atom stereocenters. The zero-order valence-electron chi connectivity index (χ0n) is 14.2. The second-order valence-corrected chi connectivity index (χ2v) is 5.50. The number of rotatable bonds is 3. The molecule has 3 rings (SSSR count). The average molecular weight is 368 g/mol. The number of hydrogen-bond donors (Lipinski definition) is 3. The highest BCUT2D eigenvalue weighted by Crippen LogP contribution is 2.20. The zero-order chi connectivity index (χ0) is 20.1. The Hall–Kier alpha value is -3.94. The van der Waals surface area contributed by atoms with Gasteiger partial charge in [0.1, 0.15) is 0 Å². The normalized spacial score (nSPS) is 9.96. The summed E-state index contributed by atoms with van der Waals surface area (Å²) in [5.74, 6) is -2.92. The number of benzene rings is 2. The summed E-state index contributed by atoms with van der Waals surface area (Å²) in [6.07, 6.45) is 1.48. The van der Waals surface area contributed by atoms with Crippen LogP contribution in [-0.2, 0) is 0 Å². The highest BCUT2D eigenvalue weighted by molar-refractivity contribution is 6.08. The quantitative estimate of drug-likeness (QED) is 0.649. The summed E-state index contributed by atoms with van der Waals surface area (Å²) in [7, 11) is 0. The second-order valence-electron chi connectivity index (χ2n) is 5.50. The fourth-order valence-electron chi connectivity index (χ4n) is 2.42. The van der Waals surface area contributed by atoms with Crippen molar-refractivity contribution in [2.24, 2.45) is 5.73 Å². The molecule has 138 valence electrons. The molecule has 0 saturated carbocycles. The first-order chi connectivity index (χ1) is 12.7. The van der Waals surface area contributed by atoms with Crippen LogP contribution in [0.3, 0.4) is 0 Å². The van der Waals surface area contributed by atoms with Gasteiger partial charge >= 0.3 is 11.9 Å². The van der Waals surface area contributed by atoms with Gasteiger partial charge in [-0.15, -0.1) is 0 Å². The third kappa shape index (κ3) is 4.37. The summed E-state index contributed by atoms with van der Waals surface area (Å²) < 4.78 is 1.43. The van der Waals surface area contributed by atoms with E-state index in [1.54, 1.807) is 18.2 Å². The topological polar surface area (TPSA) is 140 Å². The van der Waals surface area contributed by atoms with E-state index < -0.39 is 17.8 Å². The van der Waals surface area contributed by atoms with Crippen LogP contribution in [0.2, 0.25) is 0 Å². The molecule has 1 heterocycles. The number of hydrogen-bond acceptors (Lipinski definition) is 4. The number of nitrogens with two attached hydrogens (primary N) is 1. The highest BCUT2D eigenvalue weighted by Gasteiger charge is 2.13. The van der Waals surface area contributed by atoms with Gasteiger partial charge in [-0.3, -0.25) is 14.2 Å². The molecule has 0 unspecified atom stereocenters. The largest absolute Gasteiger partial charge is 0.478 e. The summed E-state index contributed by atoms with van der Waals surface area (Å²) in [6.45, 7) is 1.44. The standard InChI is InChI=1S/C11H10N2O2.C8H6O4/c1-7(14)13-6-9(11(12)15)8-4-2-3-5-10(8)13;9-7(10)5-2-1-3-6(4-5)8(11)12/h2-6H,1H3,(H2,12,15);1-4H,(H,9,10)(H,11,12). The summed E-state index contributed by atoms with van der Waals surface area (Å²) in [5.41, 5.74) is 6.28. The van der Waals surface area contributed by atoms with E-state index in [0.717, 1.165) is 6.07 Å². The van der Waals surface area contributed by atoms with Crippen LogP contribution in [-0.4, -0.2) is 38.5 Å². The molecule has 8 heteroatoms. The van der Waals surface area contributed by atoms with Gasteiger partial charge in [0.15, 0.2) is 0 Å². The van der Waals surface area contributed by atoms with E-state index in [2.05, 4.69) is 0 Å². The van der Waals surface area contributed by atoms with Gasteiger partial charge in [-0.1, -0.05) is 24.3 Å². The van der Waals surface area contributed by atoms with Crippen LogP contribution in [0, 0.1) is 0 Å². The fourth-order valence-corrected chi connectivity index (χ4v) is 2.42. The number of fused-ring (bicyclic) bond motifs is 1. The predicted molar refractivity (Wildman–Crippen MR) is 97.1 cm³/mol. The van der Waals surface area contributed by atoms with Crippen LogP contribution in [0.4, 0.5) is 0 Å². The Morgan fingerprint density at radius 3 is 1.93 bits per heavy atom. The molecule has 0 fully saturated rings. The van der Waals surface area contributed by atoms with Crippen LogP contribution < -0.4 is 5.73 Å². The van der Waals surface area contributed by atoms with Crippen LogP contribution >= 0.6 is 0 Å². The van der Waals surface area contributed by atoms with Crippen LogP contribution in [0.15, 0.2) is 54.7 Å². The monoisotopic (exact) mass is 368 g/mol. The van der Waals surface area contributed by atoms with E-state index in [4.69, 9.17) is 15.9 Å². The number of nitrogens with zero attached hydrogens (tertiary/aromatic N) is 1. The molecule has 1 aromatic heterocycles. The summed E-state index contributed by atoms with van der Waals surface area (Å²) in [4.78, 5) is 43.2. The maximum Gasteiger partial charge on any atom is 0.335 e. The molecule has 8 nitrogen and oxygen atoms in total. The minimum Gasteiger partial charge on any atom is -0.478 e. The van der Waals surface area contributed by atoms with E-state index in [-0.39, 0.29) is 17.0 Å². The van der Waals surface area contributed by atoms with Crippen molar-refractivity contribution in [3.05, 3.63) is 71.4 Å². The molecule has 0 aliphatic rings. The van der Waals surface area contributed by atoms with Gasteiger partial charge in [-0.2, -0.15) is 0 Å². The second kappa shape index (κ2) is 7.96. The lowest BCUT2D eigenvalue weighted by Gasteiger charge is -1.96. The molecule has 0 radical (unpaired) electrons. The first-order valence-electron chi connectivity index (χ1n) is 7.70. The van der Waals surface area contributed by atoms with Crippen molar-refractivity contribution in [3.8, 4) is 0 Å². The maximum absolute atomic E-state index is 11.3. The highest BCUT2D eigenvalue weighted by atomic mass is 16.4. The third-order valence-electron chi connectivity index (χ3n) is 3.67. The number of carboxylic acid groups (broad SMARTS) is 2.